The maximum absolute atomic E-state index is 5.82. The molecule has 3 rings (SSSR count). The van der Waals surface area contributed by atoms with E-state index >= 15 is 0 Å². The molecule has 2 aromatic carbocycles. The molecular weight excluding hydrogens is 296 g/mol. The highest BCUT2D eigenvalue weighted by Gasteiger charge is 2.05. The number of rotatable bonds is 5. The number of hydrogen-bond donors (Lipinski definition) is 0. The largest absolute Gasteiger partial charge is 0.437 e. The Morgan fingerprint density at radius 2 is 1.62 bits per heavy atom. The van der Waals surface area contributed by atoms with Crippen LogP contribution in [-0.2, 0) is 0 Å². The molecular formula is C21H24N2O. The van der Waals surface area contributed by atoms with E-state index in [4.69, 9.17) is 4.42 Å². The summed E-state index contributed by atoms with van der Waals surface area (Å²) in [6.45, 7) is 10.6. The Kier molecular flexibility index (Phi) is 4.70. The molecule has 0 aliphatic carbocycles. The van der Waals surface area contributed by atoms with Gasteiger partial charge in [0.1, 0.15) is 5.52 Å². The number of benzene rings is 2. The van der Waals surface area contributed by atoms with Gasteiger partial charge in [0.15, 0.2) is 5.58 Å². The molecule has 0 N–H and O–H groups in total. The first-order valence-electron chi connectivity index (χ1n) is 8.51. The summed E-state index contributed by atoms with van der Waals surface area (Å²) in [6, 6.07) is 12.7. The molecule has 0 saturated carbocycles. The predicted octanol–water partition coefficient (Wildman–Crippen LogP) is 5.46. The number of anilines is 1. The van der Waals surface area contributed by atoms with E-state index in [1.807, 2.05) is 18.2 Å². The Bertz CT molecular complexity index is 816. The van der Waals surface area contributed by atoms with Gasteiger partial charge in [-0.1, -0.05) is 12.1 Å². The molecule has 0 radical (unpaired) electrons. The second-order valence-electron chi connectivity index (χ2n) is 6.05. The third-order valence-electron chi connectivity index (χ3n) is 4.46. The zero-order chi connectivity index (χ0) is 17.1. The minimum Gasteiger partial charge on any atom is -0.437 e. The van der Waals surface area contributed by atoms with Crippen molar-refractivity contribution >= 4 is 28.9 Å². The molecule has 1 heterocycles. The highest BCUT2D eigenvalue weighted by molar-refractivity contribution is 5.77. The van der Waals surface area contributed by atoms with E-state index in [0.29, 0.717) is 5.89 Å². The van der Waals surface area contributed by atoms with Crippen LogP contribution in [0.1, 0.15) is 36.4 Å². The number of aryl methyl sites for hydroxylation is 2. The van der Waals surface area contributed by atoms with Gasteiger partial charge in [-0.25, -0.2) is 4.98 Å². The van der Waals surface area contributed by atoms with Crippen LogP contribution in [0.5, 0.6) is 0 Å². The van der Waals surface area contributed by atoms with Crippen LogP contribution in [0.15, 0.2) is 40.8 Å². The molecule has 0 spiro atoms. The van der Waals surface area contributed by atoms with Crippen LogP contribution in [0.2, 0.25) is 0 Å². The lowest BCUT2D eigenvalue weighted by Crippen LogP contribution is -2.21. The topological polar surface area (TPSA) is 29.3 Å². The van der Waals surface area contributed by atoms with Crippen LogP contribution < -0.4 is 4.90 Å². The van der Waals surface area contributed by atoms with Crippen LogP contribution in [0.4, 0.5) is 5.69 Å². The standard InChI is InChI=1S/C21H24N2O/c1-5-23(6-2)18-10-7-17(8-11-18)9-12-21-22-19-13-15(3)16(4)14-20(19)24-21/h7-14H,5-6H2,1-4H3. The average Bonchev–Trinajstić information content (AvgIpc) is 2.97. The second kappa shape index (κ2) is 6.91. The number of fused-ring (bicyclic) bond motifs is 1. The van der Waals surface area contributed by atoms with Crippen LogP contribution in [0, 0.1) is 13.8 Å². The normalized spacial score (nSPS) is 11.5. The van der Waals surface area contributed by atoms with Gasteiger partial charge >= 0.3 is 0 Å². The fourth-order valence-electron chi connectivity index (χ4n) is 2.82. The molecule has 24 heavy (non-hydrogen) atoms. The predicted molar refractivity (Wildman–Crippen MR) is 102 cm³/mol. The average molecular weight is 320 g/mol. The number of nitrogens with zero attached hydrogens (tertiary/aromatic N) is 2. The molecule has 0 bridgehead atoms. The van der Waals surface area contributed by atoms with E-state index < -0.39 is 0 Å². The van der Waals surface area contributed by atoms with Crippen molar-refractivity contribution in [2.24, 2.45) is 0 Å². The molecule has 0 saturated heterocycles. The van der Waals surface area contributed by atoms with E-state index in [2.05, 4.69) is 67.9 Å². The van der Waals surface area contributed by atoms with Crippen LogP contribution in [0.25, 0.3) is 23.3 Å². The fourth-order valence-corrected chi connectivity index (χ4v) is 2.82. The van der Waals surface area contributed by atoms with E-state index in [-0.39, 0.29) is 0 Å². The van der Waals surface area contributed by atoms with Gasteiger partial charge in [-0.2, -0.15) is 0 Å². The zero-order valence-corrected chi connectivity index (χ0v) is 14.8. The fraction of sp³-hybridized carbons (Fsp3) is 0.286. The van der Waals surface area contributed by atoms with E-state index in [9.17, 15) is 0 Å². The second-order valence-corrected chi connectivity index (χ2v) is 6.05. The molecule has 0 aliphatic heterocycles. The van der Waals surface area contributed by atoms with Crippen molar-refractivity contribution in [2.45, 2.75) is 27.7 Å². The van der Waals surface area contributed by atoms with Gasteiger partial charge < -0.3 is 9.32 Å². The SMILES string of the molecule is CCN(CC)c1ccc(C=Cc2nc3cc(C)c(C)cc3o2)cc1. The summed E-state index contributed by atoms with van der Waals surface area (Å²) >= 11 is 0. The van der Waals surface area contributed by atoms with Gasteiger partial charge in [0, 0.05) is 24.9 Å². The molecule has 0 amide bonds. The van der Waals surface area contributed by atoms with Gasteiger partial charge in [-0.3, -0.25) is 0 Å². The molecule has 0 unspecified atom stereocenters. The summed E-state index contributed by atoms with van der Waals surface area (Å²) in [4.78, 5) is 6.87. The quantitative estimate of drug-likeness (QED) is 0.625. The zero-order valence-electron chi connectivity index (χ0n) is 14.8. The van der Waals surface area contributed by atoms with Crippen molar-refractivity contribution in [1.82, 2.24) is 4.98 Å². The van der Waals surface area contributed by atoms with Crippen molar-refractivity contribution in [3.8, 4) is 0 Å². The smallest absolute Gasteiger partial charge is 0.220 e. The van der Waals surface area contributed by atoms with Gasteiger partial charge in [0.05, 0.1) is 0 Å². The summed E-state index contributed by atoms with van der Waals surface area (Å²) in [5, 5.41) is 0. The van der Waals surface area contributed by atoms with Crippen LogP contribution in [0.3, 0.4) is 0 Å². The molecule has 0 atom stereocenters. The minimum absolute atomic E-state index is 0.641. The number of hydrogen-bond acceptors (Lipinski definition) is 3. The summed E-state index contributed by atoms with van der Waals surface area (Å²) in [7, 11) is 0. The number of aromatic nitrogens is 1. The van der Waals surface area contributed by atoms with Crippen molar-refractivity contribution in [3.63, 3.8) is 0 Å². The Morgan fingerprint density at radius 3 is 2.29 bits per heavy atom. The third-order valence-corrected chi connectivity index (χ3v) is 4.46. The van der Waals surface area contributed by atoms with Crippen molar-refractivity contribution < 1.29 is 4.42 Å². The van der Waals surface area contributed by atoms with Crippen molar-refractivity contribution in [1.29, 1.82) is 0 Å². The maximum Gasteiger partial charge on any atom is 0.220 e. The van der Waals surface area contributed by atoms with Gasteiger partial charge in [0.2, 0.25) is 5.89 Å². The lowest BCUT2D eigenvalue weighted by Gasteiger charge is -2.20. The first kappa shape index (κ1) is 16.3. The Morgan fingerprint density at radius 1 is 0.958 bits per heavy atom. The summed E-state index contributed by atoms with van der Waals surface area (Å²) < 4.78 is 5.82. The Balaban J connectivity index is 1.80. The number of oxazole rings is 1. The van der Waals surface area contributed by atoms with Gasteiger partial charge in [0.25, 0.3) is 0 Å². The molecule has 124 valence electrons. The molecule has 0 fully saturated rings. The highest BCUT2D eigenvalue weighted by atomic mass is 16.3. The van der Waals surface area contributed by atoms with E-state index in [1.54, 1.807) is 0 Å². The third kappa shape index (κ3) is 3.35. The molecule has 3 heteroatoms. The highest BCUT2D eigenvalue weighted by Crippen LogP contribution is 2.22. The summed E-state index contributed by atoms with van der Waals surface area (Å²) in [5.41, 5.74) is 6.61. The minimum atomic E-state index is 0.641. The van der Waals surface area contributed by atoms with Crippen molar-refractivity contribution in [3.05, 3.63) is 59.0 Å². The Labute approximate surface area is 143 Å². The van der Waals surface area contributed by atoms with Crippen molar-refractivity contribution in [2.75, 3.05) is 18.0 Å². The Hall–Kier alpha value is -2.55. The first-order chi connectivity index (χ1) is 11.6. The molecule has 0 aliphatic rings. The van der Waals surface area contributed by atoms with Crippen LogP contribution in [-0.4, -0.2) is 18.1 Å². The lowest BCUT2D eigenvalue weighted by molar-refractivity contribution is 0.589. The summed E-state index contributed by atoms with van der Waals surface area (Å²) in [6.07, 6.45) is 3.97. The lowest BCUT2D eigenvalue weighted by atomic mass is 10.1. The first-order valence-corrected chi connectivity index (χ1v) is 8.51. The monoisotopic (exact) mass is 320 g/mol. The van der Waals surface area contributed by atoms with Gasteiger partial charge in [-0.15, -0.1) is 0 Å². The summed E-state index contributed by atoms with van der Waals surface area (Å²) in [5.74, 6) is 0.641. The van der Waals surface area contributed by atoms with E-state index in [0.717, 1.165) is 29.8 Å². The van der Waals surface area contributed by atoms with Crippen LogP contribution >= 0.6 is 0 Å². The molecule has 3 nitrogen and oxygen atoms in total. The molecule has 1 aromatic heterocycles. The van der Waals surface area contributed by atoms with Gasteiger partial charge in [-0.05, 0) is 74.7 Å². The molecule has 3 aromatic rings. The maximum atomic E-state index is 5.82. The van der Waals surface area contributed by atoms with E-state index in [1.165, 1.54) is 16.8 Å².